The van der Waals surface area contributed by atoms with Gasteiger partial charge in [0.2, 0.25) is 5.12 Å². The number of carbonyl (C=O) groups excluding carboxylic acids is 1. The van der Waals surface area contributed by atoms with E-state index in [1.807, 2.05) is 24.3 Å². The van der Waals surface area contributed by atoms with Crippen LogP contribution in [-0.4, -0.2) is 25.1 Å². The minimum Gasteiger partial charge on any atom is -0.279 e. The van der Waals surface area contributed by atoms with Crippen LogP contribution in [-0.2, 0) is 0 Å². The van der Waals surface area contributed by atoms with Gasteiger partial charge >= 0.3 is 0 Å². The van der Waals surface area contributed by atoms with Gasteiger partial charge in [0.1, 0.15) is 17.0 Å². The Hall–Kier alpha value is -2.34. The third kappa shape index (κ3) is 2.43. The van der Waals surface area contributed by atoms with Crippen LogP contribution in [0.2, 0.25) is 0 Å². The van der Waals surface area contributed by atoms with Gasteiger partial charge in [0.25, 0.3) is 0 Å². The molecule has 19 heavy (non-hydrogen) atoms. The number of para-hydroxylation sites is 1. The van der Waals surface area contributed by atoms with Gasteiger partial charge in [-0.1, -0.05) is 18.2 Å². The van der Waals surface area contributed by atoms with E-state index < -0.39 is 0 Å². The topological polar surface area (TPSA) is 68.6 Å². The molecule has 0 aliphatic heterocycles. The number of hydrogen-bond donors (Lipinski definition) is 0. The molecule has 92 valence electrons. The van der Waals surface area contributed by atoms with E-state index in [4.69, 9.17) is 0 Å². The first-order valence-corrected chi connectivity index (χ1v) is 6.34. The Labute approximate surface area is 113 Å². The molecule has 0 spiro atoms. The van der Waals surface area contributed by atoms with Gasteiger partial charge in [-0.15, -0.1) is 0 Å². The van der Waals surface area contributed by atoms with E-state index in [1.54, 1.807) is 0 Å². The first kappa shape index (κ1) is 11.7. The van der Waals surface area contributed by atoms with Crippen molar-refractivity contribution >= 4 is 27.8 Å². The van der Waals surface area contributed by atoms with Crippen molar-refractivity contribution < 1.29 is 4.79 Å². The van der Waals surface area contributed by atoms with Gasteiger partial charge in [-0.2, -0.15) is 0 Å². The van der Waals surface area contributed by atoms with Crippen LogP contribution < -0.4 is 0 Å². The lowest BCUT2D eigenvalue weighted by molar-refractivity contribution is 0.108. The second kappa shape index (κ2) is 5.11. The maximum Gasteiger partial charge on any atom is 0.245 e. The lowest BCUT2D eigenvalue weighted by Gasteiger charge is -2.02. The lowest BCUT2D eigenvalue weighted by atomic mass is 10.2. The highest BCUT2D eigenvalue weighted by Gasteiger charge is 2.13. The van der Waals surface area contributed by atoms with Gasteiger partial charge in [0.15, 0.2) is 0 Å². The SMILES string of the molecule is O=C(Sc1ncnc2ccccc12)c1cnccn1. The molecule has 0 aliphatic rings. The molecule has 2 aromatic heterocycles. The molecule has 0 atom stereocenters. The fourth-order valence-corrected chi connectivity index (χ4v) is 2.37. The Morgan fingerprint density at radius 3 is 2.79 bits per heavy atom. The summed E-state index contributed by atoms with van der Waals surface area (Å²) in [6, 6.07) is 7.56. The van der Waals surface area contributed by atoms with Crippen molar-refractivity contribution in [3.05, 3.63) is 54.9 Å². The highest BCUT2D eigenvalue weighted by atomic mass is 32.2. The molecule has 6 heteroatoms. The zero-order valence-corrected chi connectivity index (χ0v) is 10.5. The van der Waals surface area contributed by atoms with E-state index in [0.717, 1.165) is 22.7 Å². The second-order valence-corrected chi connectivity index (χ2v) is 4.64. The molecule has 0 unspecified atom stereocenters. The molecule has 1 aromatic carbocycles. The molecule has 0 fully saturated rings. The van der Waals surface area contributed by atoms with Crippen LogP contribution in [0.1, 0.15) is 10.5 Å². The normalized spacial score (nSPS) is 10.5. The van der Waals surface area contributed by atoms with E-state index in [2.05, 4.69) is 19.9 Å². The molecule has 5 nitrogen and oxygen atoms in total. The maximum absolute atomic E-state index is 12.1. The molecule has 0 bridgehead atoms. The summed E-state index contributed by atoms with van der Waals surface area (Å²) in [5, 5.41) is 1.30. The average Bonchev–Trinajstić information content (AvgIpc) is 2.48. The first-order chi connectivity index (χ1) is 9.34. The summed E-state index contributed by atoms with van der Waals surface area (Å²) in [5.41, 5.74) is 1.13. The second-order valence-electron chi connectivity index (χ2n) is 3.68. The Morgan fingerprint density at radius 2 is 1.95 bits per heavy atom. The van der Waals surface area contributed by atoms with E-state index in [0.29, 0.717) is 10.7 Å². The van der Waals surface area contributed by atoms with E-state index in [1.165, 1.54) is 24.9 Å². The zero-order valence-electron chi connectivity index (χ0n) is 9.72. The number of nitrogens with zero attached hydrogens (tertiary/aromatic N) is 4. The van der Waals surface area contributed by atoms with Gasteiger partial charge in [-0.05, 0) is 17.8 Å². The first-order valence-electron chi connectivity index (χ1n) is 5.52. The summed E-state index contributed by atoms with van der Waals surface area (Å²) in [5.74, 6) is 0. The van der Waals surface area contributed by atoms with E-state index in [9.17, 15) is 4.79 Å². The molecule has 0 aliphatic carbocycles. The molecule has 0 amide bonds. The third-order valence-electron chi connectivity index (χ3n) is 2.47. The van der Waals surface area contributed by atoms with Crippen LogP contribution in [0.3, 0.4) is 0 Å². The Bertz CT molecular complexity index is 728. The predicted octanol–water partition coefficient (Wildman–Crippen LogP) is 2.35. The van der Waals surface area contributed by atoms with Crippen LogP contribution in [0.15, 0.2) is 54.2 Å². The van der Waals surface area contributed by atoms with E-state index >= 15 is 0 Å². The predicted molar refractivity (Wildman–Crippen MR) is 71.8 cm³/mol. The van der Waals surface area contributed by atoms with Crippen LogP contribution in [0.25, 0.3) is 10.9 Å². The van der Waals surface area contributed by atoms with Crippen LogP contribution >= 0.6 is 11.8 Å². The molecule has 3 rings (SSSR count). The number of hydrogen-bond acceptors (Lipinski definition) is 6. The molecular formula is C13H8N4OS. The lowest BCUT2D eigenvalue weighted by Crippen LogP contribution is -1.98. The Morgan fingerprint density at radius 1 is 1.05 bits per heavy atom. The molecule has 3 aromatic rings. The number of thioether (sulfide) groups is 1. The van der Waals surface area contributed by atoms with Gasteiger partial charge < -0.3 is 0 Å². The van der Waals surface area contributed by atoms with Gasteiger partial charge in [-0.25, -0.2) is 15.0 Å². The van der Waals surface area contributed by atoms with E-state index in [-0.39, 0.29) is 5.12 Å². The minimum absolute atomic E-state index is 0.183. The van der Waals surface area contributed by atoms with Crippen LogP contribution in [0, 0.1) is 0 Å². The average molecular weight is 268 g/mol. The number of rotatable bonds is 2. The van der Waals surface area contributed by atoms with Crippen LogP contribution in [0.5, 0.6) is 0 Å². The summed E-state index contributed by atoms with van der Waals surface area (Å²) in [4.78, 5) is 28.2. The highest BCUT2D eigenvalue weighted by molar-refractivity contribution is 8.14. The summed E-state index contributed by atoms with van der Waals surface area (Å²) in [7, 11) is 0. The summed E-state index contributed by atoms with van der Waals surface area (Å²) in [6.45, 7) is 0. The molecule has 0 saturated carbocycles. The number of benzene rings is 1. The smallest absolute Gasteiger partial charge is 0.245 e. The van der Waals surface area contributed by atoms with Crippen molar-refractivity contribution in [2.75, 3.05) is 0 Å². The molecule has 2 heterocycles. The Kier molecular flexibility index (Phi) is 3.16. The van der Waals surface area contributed by atoms with Crippen molar-refractivity contribution in [2.24, 2.45) is 0 Å². The summed E-state index contributed by atoms with van der Waals surface area (Å²) < 4.78 is 0. The van der Waals surface area contributed by atoms with Crippen LogP contribution in [0.4, 0.5) is 0 Å². The molecule has 0 N–H and O–H groups in total. The number of carbonyl (C=O) groups is 1. The number of fused-ring (bicyclic) bond motifs is 1. The highest BCUT2D eigenvalue weighted by Crippen LogP contribution is 2.26. The van der Waals surface area contributed by atoms with Crippen molar-refractivity contribution in [1.29, 1.82) is 0 Å². The third-order valence-corrected chi connectivity index (χ3v) is 3.38. The zero-order chi connectivity index (χ0) is 13.1. The molecule has 0 saturated heterocycles. The quantitative estimate of drug-likeness (QED) is 0.525. The molecule has 0 radical (unpaired) electrons. The van der Waals surface area contributed by atoms with Crippen molar-refractivity contribution in [3.63, 3.8) is 0 Å². The maximum atomic E-state index is 12.1. The van der Waals surface area contributed by atoms with Crippen molar-refractivity contribution in [2.45, 2.75) is 5.03 Å². The van der Waals surface area contributed by atoms with Gasteiger partial charge in [-0.3, -0.25) is 9.78 Å². The number of aromatic nitrogens is 4. The fraction of sp³-hybridized carbons (Fsp3) is 0. The molecular weight excluding hydrogens is 260 g/mol. The monoisotopic (exact) mass is 268 g/mol. The summed E-state index contributed by atoms with van der Waals surface area (Å²) in [6.07, 6.45) is 5.92. The van der Waals surface area contributed by atoms with Crippen molar-refractivity contribution in [1.82, 2.24) is 19.9 Å². The standard InChI is InChI=1S/C13H8N4OS/c18-13(11-7-14-5-6-15-11)19-12-9-3-1-2-4-10(9)16-8-17-12/h1-8H. The largest absolute Gasteiger partial charge is 0.279 e. The van der Waals surface area contributed by atoms with Gasteiger partial charge in [0.05, 0.1) is 11.7 Å². The van der Waals surface area contributed by atoms with Crippen molar-refractivity contribution in [3.8, 4) is 0 Å². The minimum atomic E-state index is -0.183. The van der Waals surface area contributed by atoms with Gasteiger partial charge in [0, 0.05) is 17.8 Å². The fourth-order valence-electron chi connectivity index (χ4n) is 1.61. The summed E-state index contributed by atoms with van der Waals surface area (Å²) >= 11 is 1.03. The Balaban J connectivity index is 1.96.